The molecule has 0 radical (unpaired) electrons. The zero-order chi connectivity index (χ0) is 19.2. The molecule has 6 heteroatoms. The van der Waals surface area contributed by atoms with Crippen molar-refractivity contribution in [2.75, 3.05) is 23.4 Å². The lowest BCUT2D eigenvalue weighted by Crippen LogP contribution is -2.24. The number of para-hydroxylation sites is 1. The maximum atomic E-state index is 12.3. The molecule has 0 unspecified atom stereocenters. The number of aryl methyl sites for hydroxylation is 1. The Hall–Kier alpha value is -2.53. The maximum absolute atomic E-state index is 12.3. The van der Waals surface area contributed by atoms with Gasteiger partial charge in [-0.25, -0.2) is 0 Å². The van der Waals surface area contributed by atoms with Crippen molar-refractivity contribution in [1.29, 1.82) is 0 Å². The normalized spacial score (nSPS) is 13.7. The second-order valence-electron chi connectivity index (χ2n) is 6.40. The van der Waals surface area contributed by atoms with Gasteiger partial charge in [0.2, 0.25) is 11.8 Å². The highest BCUT2D eigenvalue weighted by atomic mass is 35.5. The van der Waals surface area contributed by atoms with E-state index in [0.29, 0.717) is 48.8 Å². The Kier molecular flexibility index (Phi) is 6.35. The Morgan fingerprint density at radius 2 is 2.07 bits per heavy atom. The predicted octanol–water partition coefficient (Wildman–Crippen LogP) is 4.44. The van der Waals surface area contributed by atoms with Crippen LogP contribution in [0.3, 0.4) is 0 Å². The number of anilines is 2. The van der Waals surface area contributed by atoms with Crippen LogP contribution in [0.15, 0.2) is 42.5 Å². The molecule has 2 amide bonds. The fourth-order valence-electron chi connectivity index (χ4n) is 3.18. The molecular formula is C21H23ClN2O3. The summed E-state index contributed by atoms with van der Waals surface area (Å²) in [7, 11) is 0. The third-order valence-electron chi connectivity index (χ3n) is 4.49. The summed E-state index contributed by atoms with van der Waals surface area (Å²) >= 11 is 6.32. The summed E-state index contributed by atoms with van der Waals surface area (Å²) in [5, 5.41) is 3.33. The van der Waals surface area contributed by atoms with Crippen LogP contribution in [0.4, 0.5) is 11.4 Å². The zero-order valence-corrected chi connectivity index (χ0v) is 16.1. The Labute approximate surface area is 164 Å². The van der Waals surface area contributed by atoms with E-state index in [2.05, 4.69) is 5.32 Å². The summed E-state index contributed by atoms with van der Waals surface area (Å²) in [6.45, 7) is 3.21. The average Bonchev–Trinajstić information content (AvgIpc) is 3.07. The van der Waals surface area contributed by atoms with Gasteiger partial charge in [0.1, 0.15) is 5.75 Å². The van der Waals surface area contributed by atoms with E-state index < -0.39 is 0 Å². The average molecular weight is 387 g/mol. The molecule has 5 nitrogen and oxygen atoms in total. The topological polar surface area (TPSA) is 58.6 Å². The molecule has 1 N–H and O–H groups in total. The highest BCUT2D eigenvalue weighted by Gasteiger charge is 2.23. The van der Waals surface area contributed by atoms with Crippen LogP contribution in [0, 0.1) is 0 Å². The molecule has 0 aromatic heterocycles. The van der Waals surface area contributed by atoms with Gasteiger partial charge in [0.15, 0.2) is 0 Å². The van der Waals surface area contributed by atoms with Crippen LogP contribution in [0.1, 0.15) is 31.7 Å². The number of benzene rings is 2. The molecular weight excluding hydrogens is 364 g/mol. The Morgan fingerprint density at radius 1 is 1.26 bits per heavy atom. The van der Waals surface area contributed by atoms with Crippen molar-refractivity contribution in [3.63, 3.8) is 0 Å². The quantitative estimate of drug-likeness (QED) is 0.765. The fraction of sp³-hybridized carbons (Fsp3) is 0.333. The van der Waals surface area contributed by atoms with Gasteiger partial charge in [-0.3, -0.25) is 9.59 Å². The van der Waals surface area contributed by atoms with Gasteiger partial charge in [-0.05, 0) is 49.6 Å². The lowest BCUT2D eigenvalue weighted by atomic mass is 10.1. The molecule has 142 valence electrons. The lowest BCUT2D eigenvalue weighted by Gasteiger charge is -2.18. The van der Waals surface area contributed by atoms with Gasteiger partial charge in [-0.1, -0.05) is 29.8 Å². The number of rotatable bonds is 7. The summed E-state index contributed by atoms with van der Waals surface area (Å²) in [6, 6.07) is 13.0. The van der Waals surface area contributed by atoms with Gasteiger partial charge in [-0.2, -0.15) is 0 Å². The highest BCUT2D eigenvalue weighted by molar-refractivity contribution is 6.34. The number of ether oxygens (including phenoxy) is 1. The molecule has 1 fully saturated rings. The first-order chi connectivity index (χ1) is 13.1. The Balaban J connectivity index is 1.60. The van der Waals surface area contributed by atoms with Crippen LogP contribution in [-0.4, -0.2) is 25.0 Å². The van der Waals surface area contributed by atoms with E-state index in [-0.39, 0.29) is 11.8 Å². The summed E-state index contributed by atoms with van der Waals surface area (Å²) < 4.78 is 5.59. The molecule has 1 heterocycles. The third kappa shape index (κ3) is 4.80. The lowest BCUT2D eigenvalue weighted by molar-refractivity contribution is -0.117. The minimum Gasteiger partial charge on any atom is -0.494 e. The zero-order valence-electron chi connectivity index (χ0n) is 15.3. The van der Waals surface area contributed by atoms with Crippen molar-refractivity contribution in [1.82, 2.24) is 0 Å². The van der Waals surface area contributed by atoms with Crippen molar-refractivity contribution in [3.8, 4) is 5.75 Å². The number of carbonyl (C=O) groups excluding carboxylic acids is 2. The third-order valence-corrected chi connectivity index (χ3v) is 4.79. The van der Waals surface area contributed by atoms with Crippen molar-refractivity contribution >= 4 is 34.8 Å². The molecule has 0 aliphatic carbocycles. The second-order valence-corrected chi connectivity index (χ2v) is 6.81. The SMILES string of the molecule is CCOc1ccccc1CCC(=O)Nc1ccc(N2CCCC2=O)c(Cl)c1. The molecule has 0 atom stereocenters. The smallest absolute Gasteiger partial charge is 0.227 e. The van der Waals surface area contributed by atoms with E-state index in [1.165, 1.54) is 0 Å². The summed E-state index contributed by atoms with van der Waals surface area (Å²) in [6.07, 6.45) is 2.33. The maximum Gasteiger partial charge on any atom is 0.227 e. The van der Waals surface area contributed by atoms with Crippen molar-refractivity contribution < 1.29 is 14.3 Å². The summed E-state index contributed by atoms with van der Waals surface area (Å²) in [4.78, 5) is 25.9. The fourth-order valence-corrected chi connectivity index (χ4v) is 3.47. The first-order valence-electron chi connectivity index (χ1n) is 9.19. The number of hydrogen-bond donors (Lipinski definition) is 1. The number of nitrogens with zero attached hydrogens (tertiary/aromatic N) is 1. The largest absolute Gasteiger partial charge is 0.494 e. The van der Waals surface area contributed by atoms with Crippen LogP contribution in [0.5, 0.6) is 5.75 Å². The summed E-state index contributed by atoms with van der Waals surface area (Å²) in [5.41, 5.74) is 2.33. The molecule has 1 saturated heterocycles. The molecule has 2 aromatic carbocycles. The van der Waals surface area contributed by atoms with E-state index >= 15 is 0 Å². The summed E-state index contributed by atoms with van der Waals surface area (Å²) in [5.74, 6) is 0.805. The Morgan fingerprint density at radius 3 is 2.78 bits per heavy atom. The van der Waals surface area contributed by atoms with Crippen molar-refractivity contribution in [3.05, 3.63) is 53.1 Å². The number of amides is 2. The van der Waals surface area contributed by atoms with Gasteiger partial charge in [0, 0.05) is 25.1 Å². The number of hydrogen-bond acceptors (Lipinski definition) is 3. The molecule has 1 aliphatic heterocycles. The molecule has 2 aromatic rings. The monoisotopic (exact) mass is 386 g/mol. The van der Waals surface area contributed by atoms with E-state index in [0.717, 1.165) is 17.7 Å². The first-order valence-corrected chi connectivity index (χ1v) is 9.56. The minimum absolute atomic E-state index is 0.0849. The van der Waals surface area contributed by atoms with E-state index in [4.69, 9.17) is 16.3 Å². The van der Waals surface area contributed by atoms with Crippen LogP contribution in [-0.2, 0) is 16.0 Å². The Bertz CT molecular complexity index is 838. The minimum atomic E-state index is -0.0950. The van der Waals surface area contributed by atoms with E-state index in [1.54, 1.807) is 23.1 Å². The molecule has 27 heavy (non-hydrogen) atoms. The van der Waals surface area contributed by atoms with Crippen LogP contribution in [0.2, 0.25) is 5.02 Å². The van der Waals surface area contributed by atoms with Gasteiger partial charge in [-0.15, -0.1) is 0 Å². The number of carbonyl (C=O) groups is 2. The van der Waals surface area contributed by atoms with Crippen LogP contribution < -0.4 is 15.0 Å². The van der Waals surface area contributed by atoms with E-state index in [9.17, 15) is 9.59 Å². The first kappa shape index (κ1) is 19.2. The second kappa shape index (κ2) is 8.91. The van der Waals surface area contributed by atoms with E-state index in [1.807, 2.05) is 31.2 Å². The van der Waals surface area contributed by atoms with Crippen LogP contribution >= 0.6 is 11.6 Å². The van der Waals surface area contributed by atoms with Crippen molar-refractivity contribution in [2.45, 2.75) is 32.6 Å². The van der Waals surface area contributed by atoms with Gasteiger partial charge in [0.05, 0.1) is 17.3 Å². The number of nitrogens with one attached hydrogen (secondary N) is 1. The standard InChI is InChI=1S/C21H23ClN2O3/c1-2-27-19-7-4-3-6-15(19)9-12-20(25)23-16-10-11-18(17(22)14-16)24-13-5-8-21(24)26/h3-4,6-7,10-11,14H,2,5,8-9,12-13H2,1H3,(H,23,25). The molecule has 3 rings (SSSR count). The van der Waals surface area contributed by atoms with Crippen LogP contribution in [0.25, 0.3) is 0 Å². The molecule has 1 aliphatic rings. The van der Waals surface area contributed by atoms with Gasteiger partial charge in [0.25, 0.3) is 0 Å². The van der Waals surface area contributed by atoms with Gasteiger partial charge < -0.3 is 15.0 Å². The predicted molar refractivity (Wildman–Crippen MR) is 108 cm³/mol. The highest BCUT2D eigenvalue weighted by Crippen LogP contribution is 2.31. The number of halogens is 1. The molecule has 0 spiro atoms. The molecule has 0 bridgehead atoms. The van der Waals surface area contributed by atoms with Gasteiger partial charge >= 0.3 is 0 Å². The van der Waals surface area contributed by atoms with Crippen molar-refractivity contribution in [2.24, 2.45) is 0 Å². The molecule has 0 saturated carbocycles.